The lowest BCUT2D eigenvalue weighted by Gasteiger charge is -2.21. The van der Waals surface area contributed by atoms with E-state index < -0.39 is 5.97 Å². The Balaban J connectivity index is 2.78. The highest BCUT2D eigenvalue weighted by molar-refractivity contribution is 5.73. The van der Waals surface area contributed by atoms with Gasteiger partial charge in [0.05, 0.1) is 6.61 Å². The molecule has 0 fully saturated rings. The quantitative estimate of drug-likeness (QED) is 0.751. The molecule has 88 valence electrons. The number of anilines is 1. The summed E-state index contributed by atoms with van der Waals surface area (Å²) in [5.74, 6) is 0.324. The molecule has 0 bridgehead atoms. The van der Waals surface area contributed by atoms with Crippen molar-refractivity contribution >= 4 is 11.8 Å². The Morgan fingerprint density at radius 3 is 2.94 bits per heavy atom. The highest BCUT2D eigenvalue weighted by Crippen LogP contribution is 2.08. The molecule has 0 amide bonds. The van der Waals surface area contributed by atoms with Gasteiger partial charge in [-0.05, 0) is 13.0 Å². The number of nitrogens with zero attached hydrogens (tertiary/aromatic N) is 3. The summed E-state index contributed by atoms with van der Waals surface area (Å²) in [7, 11) is 1.57. The standard InChI is InChI=1S/C10H15N3O3/c1-8-11-4-3-9(12-8)13(5-6-16-2)7-10(14)15/h3-4H,5-7H2,1-2H3,(H,14,15). The Kier molecular flexibility index (Phi) is 4.65. The average Bonchev–Trinajstić information content (AvgIpc) is 2.23. The van der Waals surface area contributed by atoms with Gasteiger partial charge in [-0.3, -0.25) is 4.79 Å². The maximum atomic E-state index is 10.7. The van der Waals surface area contributed by atoms with Crippen molar-refractivity contribution < 1.29 is 14.6 Å². The van der Waals surface area contributed by atoms with Crippen molar-refractivity contribution in [1.82, 2.24) is 9.97 Å². The van der Waals surface area contributed by atoms with Gasteiger partial charge in [-0.15, -0.1) is 0 Å². The first-order valence-corrected chi connectivity index (χ1v) is 4.89. The number of carboxylic acids is 1. The van der Waals surface area contributed by atoms with Crippen LogP contribution in [-0.2, 0) is 9.53 Å². The molecule has 1 N–H and O–H groups in total. The first kappa shape index (κ1) is 12.4. The van der Waals surface area contributed by atoms with Gasteiger partial charge in [0.25, 0.3) is 0 Å². The number of carboxylic acid groups (broad SMARTS) is 1. The van der Waals surface area contributed by atoms with E-state index in [4.69, 9.17) is 9.84 Å². The molecule has 6 nitrogen and oxygen atoms in total. The Morgan fingerprint density at radius 1 is 1.62 bits per heavy atom. The molecular weight excluding hydrogens is 210 g/mol. The number of carbonyl (C=O) groups is 1. The van der Waals surface area contributed by atoms with Crippen molar-refractivity contribution in [3.63, 3.8) is 0 Å². The summed E-state index contributed by atoms with van der Waals surface area (Å²) in [6.07, 6.45) is 1.61. The molecule has 0 spiro atoms. The number of aromatic nitrogens is 2. The molecule has 1 rings (SSSR count). The number of aryl methyl sites for hydroxylation is 1. The average molecular weight is 225 g/mol. The van der Waals surface area contributed by atoms with E-state index in [1.165, 1.54) is 0 Å². The summed E-state index contributed by atoms with van der Waals surface area (Å²) in [6.45, 7) is 2.61. The zero-order valence-corrected chi connectivity index (χ0v) is 9.38. The minimum atomic E-state index is -0.896. The third kappa shape index (κ3) is 3.82. The molecule has 1 heterocycles. The van der Waals surface area contributed by atoms with E-state index in [0.29, 0.717) is 24.8 Å². The minimum Gasteiger partial charge on any atom is -0.480 e. The maximum Gasteiger partial charge on any atom is 0.323 e. The summed E-state index contributed by atoms with van der Waals surface area (Å²) in [4.78, 5) is 20.5. The summed E-state index contributed by atoms with van der Waals surface area (Å²) in [5.41, 5.74) is 0. The van der Waals surface area contributed by atoms with Gasteiger partial charge in [0.2, 0.25) is 0 Å². The molecule has 0 atom stereocenters. The molecule has 0 aromatic carbocycles. The van der Waals surface area contributed by atoms with Crippen LogP contribution in [0, 0.1) is 6.92 Å². The summed E-state index contributed by atoms with van der Waals surface area (Å²) in [6, 6.07) is 1.69. The van der Waals surface area contributed by atoms with Crippen molar-refractivity contribution in [2.24, 2.45) is 0 Å². The third-order valence-electron chi connectivity index (χ3n) is 1.98. The number of ether oxygens (including phenoxy) is 1. The second-order valence-corrected chi connectivity index (χ2v) is 3.27. The van der Waals surface area contributed by atoms with Crippen LogP contribution in [0.2, 0.25) is 0 Å². The highest BCUT2D eigenvalue weighted by atomic mass is 16.5. The smallest absolute Gasteiger partial charge is 0.323 e. The summed E-state index contributed by atoms with van der Waals surface area (Å²) in [5, 5.41) is 8.79. The van der Waals surface area contributed by atoms with Crippen molar-refractivity contribution in [2.75, 3.05) is 31.7 Å². The van der Waals surface area contributed by atoms with Gasteiger partial charge in [0.1, 0.15) is 18.2 Å². The van der Waals surface area contributed by atoms with E-state index in [1.807, 2.05) is 0 Å². The van der Waals surface area contributed by atoms with E-state index >= 15 is 0 Å². The lowest BCUT2D eigenvalue weighted by molar-refractivity contribution is -0.135. The van der Waals surface area contributed by atoms with Crippen LogP contribution in [0.1, 0.15) is 5.82 Å². The number of hydrogen-bond donors (Lipinski definition) is 1. The fourth-order valence-electron chi connectivity index (χ4n) is 1.26. The molecular formula is C10H15N3O3. The highest BCUT2D eigenvalue weighted by Gasteiger charge is 2.11. The van der Waals surface area contributed by atoms with Gasteiger partial charge in [0.15, 0.2) is 0 Å². The molecule has 0 unspecified atom stereocenters. The van der Waals surface area contributed by atoms with Crippen LogP contribution < -0.4 is 4.90 Å². The number of rotatable bonds is 6. The lowest BCUT2D eigenvalue weighted by atomic mass is 10.4. The maximum absolute atomic E-state index is 10.7. The fourth-order valence-corrected chi connectivity index (χ4v) is 1.26. The van der Waals surface area contributed by atoms with Crippen molar-refractivity contribution in [3.8, 4) is 0 Å². The zero-order chi connectivity index (χ0) is 12.0. The molecule has 1 aromatic heterocycles. The van der Waals surface area contributed by atoms with Crippen LogP contribution in [0.3, 0.4) is 0 Å². The van der Waals surface area contributed by atoms with Crippen LogP contribution in [-0.4, -0.2) is 47.8 Å². The zero-order valence-electron chi connectivity index (χ0n) is 9.38. The largest absolute Gasteiger partial charge is 0.480 e. The van der Waals surface area contributed by atoms with Crippen LogP contribution in [0.5, 0.6) is 0 Å². The van der Waals surface area contributed by atoms with Crippen molar-refractivity contribution in [3.05, 3.63) is 18.1 Å². The predicted molar refractivity (Wildman–Crippen MR) is 58.5 cm³/mol. The second-order valence-electron chi connectivity index (χ2n) is 3.27. The van der Waals surface area contributed by atoms with Gasteiger partial charge in [-0.1, -0.05) is 0 Å². The molecule has 0 saturated heterocycles. The lowest BCUT2D eigenvalue weighted by Crippen LogP contribution is -2.33. The van der Waals surface area contributed by atoms with Crippen LogP contribution >= 0.6 is 0 Å². The minimum absolute atomic E-state index is 0.0974. The molecule has 0 aliphatic rings. The Bertz CT molecular complexity index is 357. The van der Waals surface area contributed by atoms with Crippen molar-refractivity contribution in [1.29, 1.82) is 0 Å². The summed E-state index contributed by atoms with van der Waals surface area (Å²) >= 11 is 0. The van der Waals surface area contributed by atoms with Crippen molar-refractivity contribution in [2.45, 2.75) is 6.92 Å². The van der Waals surface area contributed by atoms with E-state index in [-0.39, 0.29) is 6.54 Å². The topological polar surface area (TPSA) is 75.5 Å². The van der Waals surface area contributed by atoms with Crippen LogP contribution in [0.15, 0.2) is 12.3 Å². The molecule has 0 aliphatic heterocycles. The van der Waals surface area contributed by atoms with E-state index in [9.17, 15) is 4.79 Å². The van der Waals surface area contributed by atoms with Gasteiger partial charge in [0, 0.05) is 19.9 Å². The van der Waals surface area contributed by atoms with Crippen LogP contribution in [0.4, 0.5) is 5.82 Å². The molecule has 16 heavy (non-hydrogen) atoms. The molecule has 0 saturated carbocycles. The Labute approximate surface area is 93.9 Å². The molecule has 6 heteroatoms. The molecule has 0 radical (unpaired) electrons. The second kappa shape index (κ2) is 6.02. The first-order chi connectivity index (χ1) is 7.63. The van der Waals surface area contributed by atoms with E-state index in [0.717, 1.165) is 0 Å². The normalized spacial score (nSPS) is 10.1. The number of hydrogen-bond acceptors (Lipinski definition) is 5. The molecule has 0 aliphatic carbocycles. The summed E-state index contributed by atoms with van der Waals surface area (Å²) < 4.78 is 4.93. The Morgan fingerprint density at radius 2 is 2.38 bits per heavy atom. The van der Waals surface area contributed by atoms with Crippen LogP contribution in [0.25, 0.3) is 0 Å². The third-order valence-corrected chi connectivity index (χ3v) is 1.98. The SMILES string of the molecule is COCCN(CC(=O)O)c1ccnc(C)n1. The molecule has 1 aromatic rings. The van der Waals surface area contributed by atoms with E-state index in [1.54, 1.807) is 31.2 Å². The van der Waals surface area contributed by atoms with Gasteiger partial charge < -0.3 is 14.7 Å². The first-order valence-electron chi connectivity index (χ1n) is 4.89. The Hall–Kier alpha value is -1.69. The monoisotopic (exact) mass is 225 g/mol. The van der Waals surface area contributed by atoms with Gasteiger partial charge in [-0.25, -0.2) is 9.97 Å². The predicted octanol–water partition coefficient (Wildman–Crippen LogP) is 0.322. The fraction of sp³-hybridized carbons (Fsp3) is 0.500. The number of methoxy groups -OCH3 is 1. The van der Waals surface area contributed by atoms with Gasteiger partial charge in [-0.2, -0.15) is 0 Å². The van der Waals surface area contributed by atoms with E-state index in [2.05, 4.69) is 9.97 Å². The number of aliphatic carboxylic acids is 1. The van der Waals surface area contributed by atoms with Gasteiger partial charge >= 0.3 is 5.97 Å².